The van der Waals surface area contributed by atoms with Gasteiger partial charge in [-0.05, 0) is 53.9 Å². The van der Waals surface area contributed by atoms with Gasteiger partial charge in [-0.1, -0.05) is 12.1 Å². The Labute approximate surface area is 218 Å². The number of nitrogens with zero attached hydrogens (tertiary/aromatic N) is 4. The summed E-state index contributed by atoms with van der Waals surface area (Å²) in [6.07, 6.45) is -1.06. The Balaban J connectivity index is 0.000000164. The molecule has 1 unspecified atom stereocenters. The van der Waals surface area contributed by atoms with E-state index in [0.29, 0.717) is 48.5 Å². The Hall–Kier alpha value is -3.12. The summed E-state index contributed by atoms with van der Waals surface area (Å²) >= 11 is 3.35. The van der Waals surface area contributed by atoms with Crippen LogP contribution in [0.1, 0.15) is 25.6 Å². The number of hydrogen-bond acceptors (Lipinski definition) is 7. The van der Waals surface area contributed by atoms with E-state index in [0.717, 1.165) is 23.9 Å². The van der Waals surface area contributed by atoms with E-state index >= 15 is 0 Å². The van der Waals surface area contributed by atoms with Crippen LogP contribution in [0.15, 0.2) is 50.2 Å². The maximum Gasteiger partial charge on any atom is 0.451 e. The maximum absolute atomic E-state index is 13.1. The molecule has 0 saturated carbocycles. The minimum absolute atomic E-state index is 0.0491. The van der Waals surface area contributed by atoms with Crippen LogP contribution in [-0.4, -0.2) is 53.8 Å². The Morgan fingerprint density at radius 3 is 2.62 bits per heavy atom. The molecule has 0 bridgehead atoms. The smallest absolute Gasteiger partial charge is 0.450 e. The number of fused-ring (bicyclic) bond motifs is 3. The van der Waals surface area contributed by atoms with E-state index in [2.05, 4.69) is 42.7 Å². The van der Waals surface area contributed by atoms with Crippen LogP contribution in [0.2, 0.25) is 0 Å². The number of pyridine rings is 1. The molecule has 1 atom stereocenters. The molecule has 37 heavy (non-hydrogen) atoms. The Bertz CT molecular complexity index is 1470. The number of halogens is 4. The molecule has 0 spiro atoms. The molecule has 0 aliphatic carbocycles. The average molecular weight is 580 g/mol. The lowest BCUT2D eigenvalue weighted by Crippen LogP contribution is -2.45. The molecular formula is C25H25BrF3N5O3. The van der Waals surface area contributed by atoms with Gasteiger partial charge in [0.05, 0.1) is 13.2 Å². The number of anilines is 2. The predicted molar refractivity (Wildman–Crippen MR) is 138 cm³/mol. The van der Waals surface area contributed by atoms with Gasteiger partial charge in [0.2, 0.25) is 5.82 Å². The summed E-state index contributed by atoms with van der Waals surface area (Å²) < 4.78 is 51.3. The molecule has 2 aliphatic heterocycles. The molecule has 1 N–H and O–H groups in total. The monoisotopic (exact) mass is 579 g/mol. The van der Waals surface area contributed by atoms with E-state index in [4.69, 9.17) is 9.15 Å². The summed E-state index contributed by atoms with van der Waals surface area (Å²) in [4.78, 5) is 25.7. The number of aromatic amines is 1. The van der Waals surface area contributed by atoms with E-state index in [9.17, 15) is 18.0 Å². The zero-order valence-electron chi connectivity index (χ0n) is 20.0. The number of alkyl halides is 3. The Kier molecular flexibility index (Phi) is 7.13. The van der Waals surface area contributed by atoms with Gasteiger partial charge in [0, 0.05) is 41.7 Å². The Morgan fingerprint density at radius 2 is 1.89 bits per heavy atom. The number of benzene rings is 1. The number of ether oxygens (including phenoxy) is 1. The summed E-state index contributed by atoms with van der Waals surface area (Å²) in [6.45, 7) is 5.53. The first kappa shape index (κ1) is 25.5. The molecule has 196 valence electrons. The average Bonchev–Trinajstić information content (AvgIpc) is 3.54. The minimum Gasteiger partial charge on any atom is -0.450 e. The third-order valence-electron chi connectivity index (χ3n) is 6.39. The van der Waals surface area contributed by atoms with Crippen LogP contribution in [0.5, 0.6) is 0 Å². The van der Waals surface area contributed by atoms with E-state index in [1.807, 2.05) is 11.0 Å². The van der Waals surface area contributed by atoms with E-state index < -0.39 is 12.0 Å². The summed E-state index contributed by atoms with van der Waals surface area (Å²) in [5.41, 5.74) is 1.73. The van der Waals surface area contributed by atoms with Gasteiger partial charge in [0.1, 0.15) is 16.8 Å². The van der Waals surface area contributed by atoms with Crippen molar-refractivity contribution in [2.24, 2.45) is 0 Å². The maximum atomic E-state index is 13.1. The third-order valence-corrected chi connectivity index (χ3v) is 6.84. The lowest BCUT2D eigenvalue weighted by Gasteiger charge is -2.34. The van der Waals surface area contributed by atoms with Crippen molar-refractivity contribution in [3.8, 4) is 0 Å². The summed E-state index contributed by atoms with van der Waals surface area (Å²) in [6, 6.07) is 9.05. The molecule has 8 nitrogen and oxygen atoms in total. The Morgan fingerprint density at radius 1 is 1.14 bits per heavy atom. The summed E-state index contributed by atoms with van der Waals surface area (Å²) in [5.74, 6) is -0.875. The quantitative estimate of drug-likeness (QED) is 0.342. The van der Waals surface area contributed by atoms with Gasteiger partial charge in [-0.15, -0.1) is 0 Å². The molecule has 0 amide bonds. The molecule has 0 radical (unpaired) electrons. The van der Waals surface area contributed by atoms with Gasteiger partial charge in [0.15, 0.2) is 11.4 Å². The molecule has 6 rings (SSSR count). The fourth-order valence-electron chi connectivity index (χ4n) is 4.59. The fraction of sp³-hybridized carbons (Fsp3) is 0.400. The van der Waals surface area contributed by atoms with Crippen LogP contribution in [0.4, 0.5) is 24.7 Å². The lowest BCUT2D eigenvalue weighted by atomic mass is 10.2. The standard InChI is InChI=1S/C15H12F3N3O.C10H13BrN2O2/c16-15(17,18)14-19-11-9-5-1-2-6-10(9)22-12(11)13(20-14)21-7-3-4-8-21;1-7-6-15-3-2-13(7)9-4-8(11)5-12-10(9)14/h1-2,5-6H,3-4,7-8H2;4-5,7H,2-3,6H2,1H3,(H,12,14). The topological polar surface area (TPSA) is 87.5 Å². The van der Waals surface area contributed by atoms with Crippen molar-refractivity contribution in [1.82, 2.24) is 15.0 Å². The van der Waals surface area contributed by atoms with Crippen molar-refractivity contribution in [3.05, 3.63) is 57.2 Å². The molecule has 2 saturated heterocycles. The van der Waals surface area contributed by atoms with Crippen LogP contribution < -0.4 is 15.4 Å². The van der Waals surface area contributed by atoms with Crippen LogP contribution >= 0.6 is 15.9 Å². The molecule has 2 fully saturated rings. The van der Waals surface area contributed by atoms with Crippen LogP contribution in [0.3, 0.4) is 0 Å². The normalized spacial score (nSPS) is 18.4. The number of rotatable bonds is 2. The van der Waals surface area contributed by atoms with Crippen LogP contribution in [-0.2, 0) is 10.9 Å². The van der Waals surface area contributed by atoms with E-state index in [-0.39, 0.29) is 22.9 Å². The zero-order chi connectivity index (χ0) is 26.2. The number of para-hydroxylation sites is 1. The first-order chi connectivity index (χ1) is 17.7. The highest BCUT2D eigenvalue weighted by molar-refractivity contribution is 9.10. The number of furan rings is 1. The van der Waals surface area contributed by atoms with E-state index in [1.165, 1.54) is 0 Å². The van der Waals surface area contributed by atoms with Crippen molar-refractivity contribution >= 4 is 49.5 Å². The second kappa shape index (κ2) is 10.3. The summed E-state index contributed by atoms with van der Waals surface area (Å²) in [5, 5.41) is 0.575. The van der Waals surface area contributed by atoms with E-state index in [1.54, 1.807) is 30.5 Å². The van der Waals surface area contributed by atoms with Crippen LogP contribution in [0.25, 0.3) is 22.1 Å². The number of hydrogen-bond donors (Lipinski definition) is 1. The first-order valence-corrected chi connectivity index (χ1v) is 12.8. The van der Waals surface area contributed by atoms with Gasteiger partial charge in [0.25, 0.3) is 5.56 Å². The molecule has 1 aromatic carbocycles. The molecular weight excluding hydrogens is 555 g/mol. The fourth-order valence-corrected chi connectivity index (χ4v) is 4.92. The number of morpholine rings is 1. The highest BCUT2D eigenvalue weighted by Crippen LogP contribution is 2.37. The largest absolute Gasteiger partial charge is 0.451 e. The van der Waals surface area contributed by atoms with Crippen LogP contribution in [0, 0.1) is 0 Å². The van der Waals surface area contributed by atoms with Crippen molar-refractivity contribution in [2.75, 3.05) is 42.6 Å². The number of nitrogens with one attached hydrogen (secondary N) is 1. The minimum atomic E-state index is -4.58. The van der Waals surface area contributed by atoms with Gasteiger partial charge >= 0.3 is 6.18 Å². The number of H-pyrrole nitrogens is 1. The molecule has 12 heteroatoms. The van der Waals surface area contributed by atoms with Crippen molar-refractivity contribution in [1.29, 1.82) is 0 Å². The van der Waals surface area contributed by atoms with Gasteiger partial charge in [-0.2, -0.15) is 13.2 Å². The molecule has 4 aromatic rings. The summed E-state index contributed by atoms with van der Waals surface area (Å²) in [7, 11) is 0. The third kappa shape index (κ3) is 5.30. The first-order valence-electron chi connectivity index (χ1n) is 12.0. The van der Waals surface area contributed by atoms with Gasteiger partial charge in [-0.3, -0.25) is 4.79 Å². The second-order valence-electron chi connectivity index (χ2n) is 8.99. The van der Waals surface area contributed by atoms with Crippen molar-refractivity contribution in [3.63, 3.8) is 0 Å². The molecule has 3 aromatic heterocycles. The van der Waals surface area contributed by atoms with Gasteiger partial charge in [-0.25, -0.2) is 9.97 Å². The predicted octanol–water partition coefficient (Wildman–Crippen LogP) is 5.36. The van der Waals surface area contributed by atoms with Crippen molar-refractivity contribution in [2.45, 2.75) is 32.0 Å². The second-order valence-corrected chi connectivity index (χ2v) is 9.90. The SMILES string of the molecule is CC1COCCN1c1cc(Br)c[nH]c1=O.FC(F)(F)c1nc(N2CCCC2)c2oc3ccccc3c2n1. The highest BCUT2D eigenvalue weighted by Gasteiger charge is 2.37. The molecule has 2 aliphatic rings. The lowest BCUT2D eigenvalue weighted by molar-refractivity contribution is -0.144. The highest BCUT2D eigenvalue weighted by atomic mass is 79.9. The van der Waals surface area contributed by atoms with Crippen molar-refractivity contribution < 1.29 is 22.3 Å². The molecule has 5 heterocycles. The van der Waals surface area contributed by atoms with Gasteiger partial charge < -0.3 is 23.9 Å². The zero-order valence-corrected chi connectivity index (χ0v) is 21.6. The number of aromatic nitrogens is 3.